The highest BCUT2D eigenvalue weighted by Gasteiger charge is 2.24. The Morgan fingerprint density at radius 3 is 1.29 bits per heavy atom. The molecule has 0 atom stereocenters. The van der Waals surface area contributed by atoms with Crippen LogP contribution in [0.4, 0.5) is 11.4 Å². The van der Waals surface area contributed by atoms with Crippen LogP contribution >= 0.6 is 23.1 Å². The minimum absolute atomic E-state index is 0.134. The van der Waals surface area contributed by atoms with Crippen LogP contribution in [0.5, 0.6) is 0 Å². The quantitative estimate of drug-likeness (QED) is 0.0819. The van der Waals surface area contributed by atoms with Crippen LogP contribution in [-0.2, 0) is 0 Å². The van der Waals surface area contributed by atoms with Gasteiger partial charge in [-0.3, -0.25) is 19.2 Å². The van der Waals surface area contributed by atoms with Crippen molar-refractivity contribution < 1.29 is 14.4 Å². The molecular formula is C79H55NO4S2. The second-order valence-electron chi connectivity index (χ2n) is 21.4. The molecule has 0 bridgehead atoms. The van der Waals surface area contributed by atoms with Crippen LogP contribution in [0.1, 0.15) is 62.0 Å². The van der Waals surface area contributed by atoms with Crippen molar-refractivity contribution in [2.45, 2.75) is 29.6 Å². The van der Waals surface area contributed by atoms with Crippen LogP contribution in [0.3, 0.4) is 0 Å². The summed E-state index contributed by atoms with van der Waals surface area (Å²) < 4.78 is 2.13. The summed E-state index contributed by atoms with van der Waals surface area (Å²) in [6.07, 6.45) is 0. The number of para-hydroxylation sites is 2. The van der Waals surface area contributed by atoms with Gasteiger partial charge in [0.1, 0.15) is 0 Å². The first-order valence-corrected chi connectivity index (χ1v) is 30.3. The van der Waals surface area contributed by atoms with Crippen LogP contribution in [0.25, 0.3) is 85.2 Å². The molecule has 1 aliphatic heterocycles. The van der Waals surface area contributed by atoms with Gasteiger partial charge in [-0.2, -0.15) is 0 Å². The Hall–Kier alpha value is -10.3. The van der Waals surface area contributed by atoms with Crippen molar-refractivity contribution in [2.24, 2.45) is 0 Å². The summed E-state index contributed by atoms with van der Waals surface area (Å²) in [7, 11) is 0. The second kappa shape index (κ2) is 24.1. The van der Waals surface area contributed by atoms with Gasteiger partial charge in [-0.25, -0.2) is 0 Å². The van der Waals surface area contributed by atoms with E-state index in [9.17, 15) is 19.2 Å². The van der Waals surface area contributed by atoms with Gasteiger partial charge < -0.3 is 5.32 Å². The van der Waals surface area contributed by atoms with Crippen LogP contribution in [0.2, 0.25) is 0 Å². The summed E-state index contributed by atoms with van der Waals surface area (Å²) in [4.78, 5) is 51.1. The topological polar surface area (TPSA) is 80.3 Å². The van der Waals surface area contributed by atoms with Crippen LogP contribution < -0.4 is 10.7 Å². The number of ketones is 3. The summed E-state index contributed by atoms with van der Waals surface area (Å²) in [5.41, 5.74) is 8.49. The van der Waals surface area contributed by atoms with E-state index in [1.807, 2.05) is 96.7 Å². The van der Waals surface area contributed by atoms with Crippen molar-refractivity contribution in [3.8, 4) is 11.1 Å². The number of rotatable bonds is 4. The number of Topliss-reactive ketones (excluding diaryl/α,β-unsaturated/α-hetero) is 2. The van der Waals surface area contributed by atoms with Crippen molar-refractivity contribution in [3.63, 3.8) is 0 Å². The van der Waals surface area contributed by atoms with Gasteiger partial charge in [0.05, 0.1) is 11.4 Å². The number of benzene rings is 14. The van der Waals surface area contributed by atoms with Gasteiger partial charge >= 0.3 is 0 Å². The van der Waals surface area contributed by atoms with Gasteiger partial charge in [-0.15, -0.1) is 11.3 Å². The molecule has 86 heavy (non-hydrogen) atoms. The minimum Gasteiger partial charge on any atom is -0.354 e. The number of nitrogens with one attached hydrogen (secondary N) is 1. The first kappa shape index (κ1) is 54.9. The fourth-order valence-electron chi connectivity index (χ4n) is 11.6. The summed E-state index contributed by atoms with van der Waals surface area (Å²) in [5.74, 6) is -0.348. The zero-order valence-corrected chi connectivity index (χ0v) is 48.8. The molecule has 5 nitrogen and oxygen atoms in total. The molecule has 1 aliphatic carbocycles. The van der Waals surface area contributed by atoms with Gasteiger partial charge in [0.15, 0.2) is 11.2 Å². The monoisotopic (exact) mass is 1150 g/mol. The van der Waals surface area contributed by atoms with Gasteiger partial charge in [0, 0.05) is 57.6 Å². The Balaban J connectivity index is 0.000000100. The molecule has 0 radical (unpaired) electrons. The van der Waals surface area contributed by atoms with Crippen molar-refractivity contribution >= 4 is 126 Å². The maximum absolute atomic E-state index is 12.5. The average molecular weight is 1150 g/mol. The third-order valence-electron chi connectivity index (χ3n) is 15.8. The number of hydrogen-bond acceptors (Lipinski definition) is 7. The predicted molar refractivity (Wildman–Crippen MR) is 362 cm³/mol. The van der Waals surface area contributed by atoms with Gasteiger partial charge in [0.25, 0.3) is 0 Å². The maximum atomic E-state index is 12.5. The molecule has 2 heterocycles. The third kappa shape index (κ3) is 10.7. The van der Waals surface area contributed by atoms with E-state index < -0.39 is 11.6 Å². The number of carbonyl (C=O) groups is 3. The highest BCUT2D eigenvalue weighted by atomic mass is 32.2. The first-order chi connectivity index (χ1) is 42.2. The highest BCUT2D eigenvalue weighted by molar-refractivity contribution is 7.99. The Bertz CT molecular complexity index is 4820. The highest BCUT2D eigenvalue weighted by Crippen LogP contribution is 2.44. The third-order valence-corrected chi connectivity index (χ3v) is 18.1. The zero-order valence-electron chi connectivity index (χ0n) is 47.2. The lowest BCUT2D eigenvalue weighted by Gasteiger charge is -2.19. The summed E-state index contributed by atoms with van der Waals surface area (Å²) >= 11 is 3.51. The average Bonchev–Trinajstić information content (AvgIpc) is 1.05. The molecule has 0 saturated carbocycles. The fraction of sp³-hybridized carbons (Fsp3) is 0.0380. The van der Waals surface area contributed by atoms with Gasteiger partial charge in [-0.1, -0.05) is 262 Å². The molecule has 1 N–H and O–H groups in total. The van der Waals surface area contributed by atoms with Crippen molar-refractivity contribution in [1.82, 2.24) is 0 Å². The summed E-state index contributed by atoms with van der Waals surface area (Å²) in [6, 6.07) is 94.4. The molecule has 0 unspecified atom stereocenters. The summed E-state index contributed by atoms with van der Waals surface area (Å²) in [6.45, 7) is 4.30. The van der Waals surface area contributed by atoms with Crippen LogP contribution in [0, 0.1) is 0 Å². The lowest BCUT2D eigenvalue weighted by Crippen LogP contribution is -2.14. The molecule has 2 aliphatic rings. The van der Waals surface area contributed by atoms with Crippen LogP contribution in [0.15, 0.2) is 300 Å². The Kier molecular flexibility index (Phi) is 15.4. The summed E-state index contributed by atoms with van der Waals surface area (Å²) in [5, 5.41) is 18.2. The van der Waals surface area contributed by atoms with E-state index in [1.54, 1.807) is 59.9 Å². The Morgan fingerprint density at radius 1 is 0.349 bits per heavy atom. The molecule has 412 valence electrons. The predicted octanol–water partition coefficient (Wildman–Crippen LogP) is 21.0. The normalized spacial score (nSPS) is 11.7. The van der Waals surface area contributed by atoms with E-state index in [1.165, 1.54) is 75.4 Å². The van der Waals surface area contributed by atoms with E-state index in [0.717, 1.165) is 47.6 Å². The second-order valence-corrected chi connectivity index (χ2v) is 23.6. The lowest BCUT2D eigenvalue weighted by atomic mass is 9.83. The smallest absolute Gasteiger partial charge is 0.233 e. The Labute approximate surface area is 506 Å². The molecule has 1 aromatic heterocycles. The minimum atomic E-state index is -0.466. The van der Waals surface area contributed by atoms with E-state index in [2.05, 4.69) is 171 Å². The van der Waals surface area contributed by atoms with E-state index in [0.29, 0.717) is 17.0 Å². The molecule has 0 spiro atoms. The Morgan fingerprint density at radius 2 is 0.756 bits per heavy atom. The van der Waals surface area contributed by atoms with Crippen molar-refractivity contribution in [2.75, 3.05) is 5.32 Å². The molecule has 0 saturated heterocycles. The van der Waals surface area contributed by atoms with E-state index in [4.69, 9.17) is 0 Å². The van der Waals surface area contributed by atoms with Crippen LogP contribution in [-0.4, -0.2) is 17.3 Å². The standard InChI is InChI=1S/C20H12.C17H10O.C16H14OS.C14H10O2.C12H9NS/c1-5-13-6-2-11-17-18-12-4-8-14-7-3-10-16(20(14)18)15(9-1)19(13)17;18-17-14-8-2-1-7-12(14)13-9-3-5-11-6-4-10-15(17)16(11)13;1-10(2)11-7-8-15-13(9-11)16(17)12-5-3-4-6-14(12)18-15;15-13(11-7-3-1-4-8-11)14(16)12-9-5-2-6-10-12;1-3-7-11-9(5-1)13-10-6-2-4-8-12(10)14-11/h1-12H;1-10H;3-10H,1-2H3;1-10H;1-8,13H. The first-order valence-electron chi connectivity index (χ1n) is 28.7. The molecule has 17 rings (SSSR count). The van der Waals surface area contributed by atoms with E-state index >= 15 is 0 Å². The largest absolute Gasteiger partial charge is 0.354 e. The van der Waals surface area contributed by atoms with Crippen molar-refractivity contribution in [1.29, 1.82) is 0 Å². The van der Waals surface area contributed by atoms with E-state index in [-0.39, 0.29) is 11.2 Å². The zero-order chi connectivity index (χ0) is 58.7. The number of anilines is 2. The molecular weight excluding hydrogens is 1090 g/mol. The number of hydrogen-bond donors (Lipinski definition) is 1. The van der Waals surface area contributed by atoms with Gasteiger partial charge in [-0.05, 0) is 120 Å². The SMILES string of the molecule is CC(C)c1ccc2sc3ccccc3c(=O)c2c1.O=C(C(=O)c1ccccc1)c1ccccc1.O=C1c2ccccc2-c2cccc3cccc1c23.c1cc2cccc3c4cccc5cccc(c(c1)c23)c54.c1ccc2c(c1)Nc1ccccc1S2. The molecule has 0 fully saturated rings. The number of fused-ring (bicyclic) bond motifs is 8. The maximum Gasteiger partial charge on any atom is 0.233 e. The lowest BCUT2D eigenvalue weighted by molar-refractivity contribution is 0.0817. The molecule has 15 aromatic rings. The number of carbonyl (C=O) groups excluding carboxylic acids is 3. The van der Waals surface area contributed by atoms with Crippen molar-refractivity contribution in [3.05, 3.63) is 323 Å². The fourth-order valence-corrected chi connectivity index (χ4v) is 13.6. The van der Waals surface area contributed by atoms with Gasteiger partial charge in [0.2, 0.25) is 11.6 Å². The molecule has 14 aromatic carbocycles. The molecule has 0 amide bonds. The molecule has 7 heteroatoms.